The Hall–Kier alpha value is -3.22. The number of aliphatic carboxylic acids is 1. The summed E-state index contributed by atoms with van der Waals surface area (Å²) in [4.78, 5) is 49.9. The van der Waals surface area contributed by atoms with Gasteiger partial charge in [-0.25, -0.2) is 9.59 Å². The SMILES string of the molecule is O=C(O)C1=CC(=C(c2cc(C(=O)[O-])c([O-])c3ccccc23)c2cc(C(=O)O)c([O-])c3ccccc23)c2ccccc2C1=O.[Na+].[Na+].[Na+]. The van der Waals surface area contributed by atoms with Crippen LogP contribution in [0.4, 0.5) is 0 Å². The van der Waals surface area contributed by atoms with Crippen molar-refractivity contribution < 1.29 is 133 Å². The molecule has 0 radical (unpaired) electrons. The second kappa shape index (κ2) is 14.7. The molecule has 0 saturated carbocycles. The summed E-state index contributed by atoms with van der Waals surface area (Å²) in [5, 5.41) is 59.0. The number of carboxylic acid groups (broad SMARTS) is 3. The average molecular weight is 638 g/mol. The van der Waals surface area contributed by atoms with E-state index in [0.717, 1.165) is 18.2 Å². The Morgan fingerprint density at radius 3 is 1.48 bits per heavy atom. The van der Waals surface area contributed by atoms with Crippen LogP contribution in [-0.4, -0.2) is 33.9 Å². The Bertz CT molecular complexity index is 2060. The molecule has 210 valence electrons. The summed E-state index contributed by atoms with van der Waals surface area (Å²) in [5.74, 6) is -7.11. The van der Waals surface area contributed by atoms with Crippen LogP contribution in [0.2, 0.25) is 0 Å². The van der Waals surface area contributed by atoms with Gasteiger partial charge >= 0.3 is 101 Å². The third kappa shape index (κ3) is 6.23. The van der Waals surface area contributed by atoms with Crippen molar-refractivity contribution in [3.05, 3.63) is 130 Å². The first kappa shape index (κ1) is 37.2. The van der Waals surface area contributed by atoms with Crippen molar-refractivity contribution in [2.24, 2.45) is 0 Å². The van der Waals surface area contributed by atoms with Gasteiger partial charge in [0.15, 0.2) is 0 Å². The van der Waals surface area contributed by atoms with Gasteiger partial charge in [0.2, 0.25) is 5.78 Å². The van der Waals surface area contributed by atoms with E-state index in [1.54, 1.807) is 54.6 Å². The number of Topliss-reactive ketones (excluding diaryl/α,β-unsaturated/α-hetero) is 1. The van der Waals surface area contributed by atoms with E-state index in [-0.39, 0.29) is 144 Å². The second-order valence-electron chi connectivity index (χ2n) is 9.81. The topological polar surface area (TPSA) is 178 Å². The first-order valence-corrected chi connectivity index (χ1v) is 12.8. The van der Waals surface area contributed by atoms with Gasteiger partial charge in [0.25, 0.3) is 0 Å². The van der Waals surface area contributed by atoms with Crippen LogP contribution in [-0.2, 0) is 4.79 Å². The monoisotopic (exact) mass is 638 g/mol. The fraction of sp³-hybridized carbons (Fsp3) is 0. The molecule has 0 atom stereocenters. The van der Waals surface area contributed by atoms with Gasteiger partial charge in [0, 0.05) is 5.56 Å². The quantitative estimate of drug-likeness (QED) is 0.140. The van der Waals surface area contributed by atoms with Gasteiger partial charge in [-0.3, -0.25) is 4.79 Å². The van der Waals surface area contributed by atoms with Crippen LogP contribution >= 0.6 is 0 Å². The van der Waals surface area contributed by atoms with E-state index in [4.69, 9.17) is 0 Å². The zero-order chi connectivity index (χ0) is 30.6. The number of carbonyl (C=O) groups excluding carboxylic acids is 2. The first-order chi connectivity index (χ1) is 20.6. The molecule has 0 fully saturated rings. The van der Waals surface area contributed by atoms with Gasteiger partial charge in [-0.2, -0.15) is 0 Å². The second-order valence-corrected chi connectivity index (χ2v) is 9.81. The van der Waals surface area contributed by atoms with Gasteiger partial charge in [-0.1, -0.05) is 84.3 Å². The molecule has 12 heteroatoms. The normalized spacial score (nSPS) is 13.0. The Morgan fingerprint density at radius 1 is 0.565 bits per heavy atom. The van der Waals surface area contributed by atoms with E-state index >= 15 is 0 Å². The minimum atomic E-state index is -1.76. The fourth-order valence-electron chi connectivity index (χ4n) is 5.57. The number of hydrogen-bond donors (Lipinski definition) is 2. The summed E-state index contributed by atoms with van der Waals surface area (Å²) in [5.41, 5.74) is -1.02. The van der Waals surface area contributed by atoms with E-state index in [0.29, 0.717) is 0 Å². The van der Waals surface area contributed by atoms with Gasteiger partial charge < -0.3 is 30.3 Å². The zero-order valence-electron chi connectivity index (χ0n) is 24.9. The number of hydrogen-bond acceptors (Lipinski definition) is 7. The average Bonchev–Trinajstić information content (AvgIpc) is 3.00. The number of carboxylic acids is 3. The van der Waals surface area contributed by atoms with Crippen molar-refractivity contribution >= 4 is 56.4 Å². The van der Waals surface area contributed by atoms with Crippen LogP contribution < -0.4 is 104 Å². The van der Waals surface area contributed by atoms with Crippen molar-refractivity contribution in [2.45, 2.75) is 0 Å². The third-order valence-corrected chi connectivity index (χ3v) is 7.47. The summed E-state index contributed by atoms with van der Waals surface area (Å²) in [6.07, 6.45) is 1.14. The predicted molar refractivity (Wildman–Crippen MR) is 150 cm³/mol. The number of allylic oxidation sites excluding steroid dienone is 2. The number of ketones is 1. The first-order valence-electron chi connectivity index (χ1n) is 12.8. The number of rotatable bonds is 5. The van der Waals surface area contributed by atoms with E-state index in [9.17, 15) is 44.7 Å². The summed E-state index contributed by atoms with van der Waals surface area (Å²) in [7, 11) is 0. The molecule has 0 bridgehead atoms. The molecule has 5 aromatic carbocycles. The molecule has 5 aromatic rings. The molecule has 6 rings (SSSR count). The molecule has 9 nitrogen and oxygen atoms in total. The molecule has 0 saturated heterocycles. The number of fused-ring (bicyclic) bond motifs is 3. The molecule has 0 amide bonds. The zero-order valence-corrected chi connectivity index (χ0v) is 30.9. The van der Waals surface area contributed by atoms with Gasteiger partial charge in [-0.05, 0) is 73.2 Å². The molecule has 0 unspecified atom stereocenters. The van der Waals surface area contributed by atoms with Crippen molar-refractivity contribution in [1.29, 1.82) is 0 Å². The summed E-state index contributed by atoms with van der Waals surface area (Å²) in [6.45, 7) is 0. The van der Waals surface area contributed by atoms with Gasteiger partial charge in [-0.15, -0.1) is 0 Å². The van der Waals surface area contributed by atoms with Crippen LogP contribution in [0.15, 0.2) is 96.6 Å². The Kier molecular flexibility index (Phi) is 11.9. The van der Waals surface area contributed by atoms with Crippen molar-refractivity contribution in [1.82, 2.24) is 0 Å². The predicted octanol–water partition coefficient (Wildman–Crippen LogP) is -5.62. The number of aromatic carboxylic acids is 2. The van der Waals surface area contributed by atoms with Crippen LogP contribution in [0.3, 0.4) is 0 Å². The Balaban J connectivity index is 0.00000192. The summed E-state index contributed by atoms with van der Waals surface area (Å²) in [6, 6.07) is 20.8. The molecular formula is C34H17Na3O9. The third-order valence-electron chi connectivity index (χ3n) is 7.47. The molecule has 2 N–H and O–H groups in total. The maximum atomic E-state index is 13.2. The molecule has 0 aliphatic heterocycles. The van der Waals surface area contributed by atoms with E-state index in [2.05, 4.69) is 0 Å². The van der Waals surface area contributed by atoms with Crippen LogP contribution in [0, 0.1) is 0 Å². The maximum absolute atomic E-state index is 13.2. The molecule has 46 heavy (non-hydrogen) atoms. The Morgan fingerprint density at radius 2 is 1.00 bits per heavy atom. The van der Waals surface area contributed by atoms with E-state index in [1.807, 2.05) is 0 Å². The van der Waals surface area contributed by atoms with Crippen LogP contribution in [0.1, 0.15) is 47.8 Å². The molecule has 0 spiro atoms. The van der Waals surface area contributed by atoms with Crippen LogP contribution in [0.5, 0.6) is 11.5 Å². The minimum Gasteiger partial charge on any atom is -0.872 e. The van der Waals surface area contributed by atoms with Crippen molar-refractivity contribution in [2.75, 3.05) is 0 Å². The largest absolute Gasteiger partial charge is 1.00 e. The van der Waals surface area contributed by atoms with Crippen molar-refractivity contribution in [3.63, 3.8) is 0 Å². The molecule has 0 aromatic heterocycles. The summed E-state index contributed by atoms with van der Waals surface area (Å²) < 4.78 is 0. The minimum absolute atomic E-state index is 0. The van der Waals surface area contributed by atoms with E-state index in [1.165, 1.54) is 18.2 Å². The number of carbonyl (C=O) groups is 4. The van der Waals surface area contributed by atoms with Gasteiger partial charge in [0.05, 0.1) is 11.5 Å². The Labute approximate surface area is 327 Å². The number of benzene rings is 5. The van der Waals surface area contributed by atoms with E-state index < -0.39 is 51.9 Å². The van der Waals surface area contributed by atoms with Crippen LogP contribution in [0.25, 0.3) is 32.7 Å². The fourth-order valence-corrected chi connectivity index (χ4v) is 5.57. The smallest absolute Gasteiger partial charge is 0.872 e. The maximum Gasteiger partial charge on any atom is 1.00 e. The van der Waals surface area contributed by atoms with Crippen molar-refractivity contribution in [3.8, 4) is 11.5 Å². The molecule has 1 aliphatic rings. The van der Waals surface area contributed by atoms with Gasteiger partial charge in [0.1, 0.15) is 5.57 Å². The molecular weight excluding hydrogens is 621 g/mol. The molecule has 1 aliphatic carbocycles. The molecule has 0 heterocycles. The summed E-state index contributed by atoms with van der Waals surface area (Å²) >= 11 is 0. The standard InChI is InChI=1S/C34H20O9.3Na/c35-29-19-10-4-1-7-16(19)22(13-25(29)32(38)39)28(23-14-26(33(40)41)30(36)20-11-5-2-8-17(20)23)24-15-27(34(42)43)31(37)21-12-6-3-9-18(21)24;;;/h1-15,35-36H,(H,38,39)(H,40,41)(H,42,43);;;/q;3*+1/p-3.